The third-order valence-corrected chi connectivity index (χ3v) is 5.17. The molecule has 22 heavy (non-hydrogen) atoms. The van der Waals surface area contributed by atoms with Crippen LogP contribution in [0.5, 0.6) is 0 Å². The summed E-state index contributed by atoms with van der Waals surface area (Å²) in [7, 11) is -4.25. The van der Waals surface area contributed by atoms with E-state index < -0.39 is 25.5 Å². The minimum absolute atomic E-state index is 0.255. The highest BCUT2D eigenvalue weighted by molar-refractivity contribution is 7.90. The molecule has 1 heterocycles. The molecule has 0 N–H and O–H groups in total. The molecule has 0 fully saturated rings. The smallest absolute Gasteiger partial charge is 0.258 e. The maximum Gasteiger partial charge on any atom is 0.289 e. The van der Waals surface area contributed by atoms with Crippen LogP contribution in [0.1, 0.15) is 0 Å². The largest absolute Gasteiger partial charge is 0.289 e. The summed E-state index contributed by atoms with van der Waals surface area (Å²) in [6.45, 7) is 0. The van der Waals surface area contributed by atoms with Crippen molar-refractivity contribution in [2.45, 2.75) is 4.90 Å². The standard InChI is InChI=1S/C13H8ClN3O4S/c14-13-15-9-5-1-2-6-10(9)16(13)22(20,21)12-8-4-3-7-11(12)17(18)19/h1-8H. The SMILES string of the molecule is O=[N+]([O-])c1ccccc1S(=O)(=O)n1c(Cl)nc2ccccc21. The van der Waals surface area contributed by atoms with E-state index in [1.54, 1.807) is 18.2 Å². The Labute approximate surface area is 130 Å². The van der Waals surface area contributed by atoms with Gasteiger partial charge < -0.3 is 0 Å². The van der Waals surface area contributed by atoms with Crippen molar-refractivity contribution in [2.75, 3.05) is 0 Å². The fourth-order valence-corrected chi connectivity index (χ4v) is 4.09. The fraction of sp³-hybridized carbons (Fsp3) is 0. The highest BCUT2D eigenvalue weighted by Gasteiger charge is 2.30. The molecule has 3 aromatic rings. The van der Waals surface area contributed by atoms with Gasteiger partial charge in [0.2, 0.25) is 5.28 Å². The van der Waals surface area contributed by atoms with E-state index in [2.05, 4.69) is 4.98 Å². The van der Waals surface area contributed by atoms with Gasteiger partial charge in [-0.1, -0.05) is 24.3 Å². The Hall–Kier alpha value is -2.45. The first kappa shape index (κ1) is 14.5. The van der Waals surface area contributed by atoms with Crippen LogP contribution >= 0.6 is 11.6 Å². The maximum atomic E-state index is 12.8. The van der Waals surface area contributed by atoms with Gasteiger partial charge in [0.25, 0.3) is 15.7 Å². The van der Waals surface area contributed by atoms with Gasteiger partial charge >= 0.3 is 0 Å². The van der Waals surface area contributed by atoms with Gasteiger partial charge in [-0.2, -0.15) is 0 Å². The second-order valence-electron chi connectivity index (χ2n) is 4.36. The van der Waals surface area contributed by atoms with Crippen molar-refractivity contribution in [1.82, 2.24) is 8.96 Å². The Bertz CT molecular complexity index is 997. The highest BCUT2D eigenvalue weighted by atomic mass is 35.5. The Morgan fingerprint density at radius 3 is 2.45 bits per heavy atom. The van der Waals surface area contributed by atoms with Crippen LogP contribution in [0.15, 0.2) is 53.4 Å². The van der Waals surface area contributed by atoms with Crippen molar-refractivity contribution < 1.29 is 13.3 Å². The Morgan fingerprint density at radius 2 is 1.73 bits per heavy atom. The van der Waals surface area contributed by atoms with Gasteiger partial charge in [0.1, 0.15) is 0 Å². The van der Waals surface area contributed by atoms with Gasteiger partial charge in [0.05, 0.1) is 16.0 Å². The highest BCUT2D eigenvalue weighted by Crippen LogP contribution is 2.30. The van der Waals surface area contributed by atoms with Crippen molar-refractivity contribution in [3.05, 3.63) is 63.9 Å². The molecule has 0 saturated heterocycles. The molecule has 0 aliphatic carbocycles. The van der Waals surface area contributed by atoms with Crippen molar-refractivity contribution in [3.63, 3.8) is 0 Å². The lowest BCUT2D eigenvalue weighted by Gasteiger charge is -2.08. The van der Waals surface area contributed by atoms with Crippen molar-refractivity contribution in [3.8, 4) is 0 Å². The monoisotopic (exact) mass is 337 g/mol. The van der Waals surface area contributed by atoms with E-state index in [0.717, 1.165) is 10.0 Å². The lowest BCUT2D eigenvalue weighted by Crippen LogP contribution is -2.14. The molecule has 0 amide bonds. The zero-order valence-corrected chi connectivity index (χ0v) is 12.5. The molecule has 0 unspecified atom stereocenters. The van der Waals surface area contributed by atoms with E-state index >= 15 is 0 Å². The molecule has 2 aromatic carbocycles. The topological polar surface area (TPSA) is 95.1 Å². The number of nitro benzene ring substituents is 1. The van der Waals surface area contributed by atoms with E-state index in [0.29, 0.717) is 5.52 Å². The number of hydrogen-bond acceptors (Lipinski definition) is 5. The molecule has 9 heteroatoms. The molecule has 0 radical (unpaired) electrons. The van der Waals surface area contributed by atoms with Gasteiger partial charge in [0.15, 0.2) is 4.90 Å². The number of benzene rings is 2. The lowest BCUT2D eigenvalue weighted by atomic mass is 10.3. The van der Waals surface area contributed by atoms with Crippen molar-refractivity contribution >= 4 is 38.3 Å². The third kappa shape index (κ3) is 2.13. The second-order valence-corrected chi connectivity index (χ2v) is 6.46. The first-order valence-corrected chi connectivity index (χ1v) is 7.86. The van der Waals surface area contributed by atoms with Crippen LogP contribution < -0.4 is 0 Å². The van der Waals surface area contributed by atoms with E-state index in [1.807, 2.05) is 0 Å². The Morgan fingerprint density at radius 1 is 1.09 bits per heavy atom. The van der Waals surface area contributed by atoms with Crippen LogP contribution in [0.3, 0.4) is 0 Å². The second kappa shape index (κ2) is 5.08. The summed E-state index contributed by atoms with van der Waals surface area (Å²) in [6.07, 6.45) is 0. The van der Waals surface area contributed by atoms with Crippen LogP contribution in [0, 0.1) is 10.1 Å². The number of para-hydroxylation sites is 3. The van der Waals surface area contributed by atoms with Gasteiger partial charge in [-0.3, -0.25) is 10.1 Å². The molecule has 0 bridgehead atoms. The summed E-state index contributed by atoms with van der Waals surface area (Å²) in [5, 5.41) is 10.8. The fourth-order valence-electron chi connectivity index (χ4n) is 2.13. The minimum atomic E-state index is -4.25. The van der Waals surface area contributed by atoms with Gasteiger partial charge in [-0.25, -0.2) is 17.4 Å². The molecule has 112 valence electrons. The van der Waals surface area contributed by atoms with Crippen molar-refractivity contribution in [2.24, 2.45) is 0 Å². The molecule has 0 aliphatic rings. The number of rotatable bonds is 3. The van der Waals surface area contributed by atoms with E-state index in [9.17, 15) is 18.5 Å². The predicted molar refractivity (Wildman–Crippen MR) is 80.4 cm³/mol. The van der Waals surface area contributed by atoms with Crippen LogP contribution in [-0.2, 0) is 10.0 Å². The van der Waals surface area contributed by atoms with Crippen LogP contribution in [0.4, 0.5) is 5.69 Å². The maximum absolute atomic E-state index is 12.8. The van der Waals surface area contributed by atoms with E-state index in [4.69, 9.17) is 11.6 Å². The minimum Gasteiger partial charge on any atom is -0.258 e. The zero-order chi connectivity index (χ0) is 15.9. The summed E-state index contributed by atoms with van der Waals surface area (Å²) in [6, 6.07) is 11.5. The summed E-state index contributed by atoms with van der Waals surface area (Å²) in [4.78, 5) is 13.8. The van der Waals surface area contributed by atoms with Crippen LogP contribution in [-0.4, -0.2) is 22.3 Å². The van der Waals surface area contributed by atoms with Crippen molar-refractivity contribution in [1.29, 1.82) is 0 Å². The lowest BCUT2D eigenvalue weighted by molar-refractivity contribution is -0.387. The Kier molecular flexibility index (Phi) is 3.34. The average molecular weight is 338 g/mol. The molecule has 0 saturated carbocycles. The summed E-state index contributed by atoms with van der Waals surface area (Å²) >= 11 is 5.94. The van der Waals surface area contributed by atoms with E-state index in [1.165, 1.54) is 24.3 Å². The number of fused-ring (bicyclic) bond motifs is 1. The summed E-state index contributed by atoms with van der Waals surface area (Å²) < 4.78 is 26.4. The van der Waals surface area contributed by atoms with Gasteiger partial charge in [-0.15, -0.1) is 0 Å². The molecule has 0 aliphatic heterocycles. The van der Waals surface area contributed by atoms with E-state index in [-0.39, 0.29) is 10.8 Å². The average Bonchev–Trinajstić information content (AvgIpc) is 2.83. The Balaban J connectivity index is 2.35. The zero-order valence-electron chi connectivity index (χ0n) is 10.9. The van der Waals surface area contributed by atoms with Crippen LogP contribution in [0.25, 0.3) is 11.0 Å². The number of hydrogen-bond donors (Lipinski definition) is 0. The summed E-state index contributed by atoms with van der Waals surface area (Å²) in [5.41, 5.74) is 0.122. The number of halogens is 1. The number of nitrogens with zero attached hydrogens (tertiary/aromatic N) is 3. The molecule has 3 rings (SSSR count). The molecule has 1 aromatic heterocycles. The molecule has 0 atom stereocenters. The molecular formula is C13H8ClN3O4S. The third-order valence-electron chi connectivity index (χ3n) is 3.06. The molecular weight excluding hydrogens is 330 g/mol. The number of imidazole rings is 1. The van der Waals surface area contributed by atoms with Gasteiger partial charge in [-0.05, 0) is 29.8 Å². The number of aromatic nitrogens is 2. The first-order chi connectivity index (χ1) is 10.4. The number of nitro groups is 1. The van der Waals surface area contributed by atoms with Crippen LogP contribution in [0.2, 0.25) is 5.28 Å². The first-order valence-electron chi connectivity index (χ1n) is 6.05. The summed E-state index contributed by atoms with van der Waals surface area (Å²) in [5.74, 6) is 0. The molecule has 7 nitrogen and oxygen atoms in total. The quantitative estimate of drug-likeness (QED) is 0.541. The predicted octanol–water partition coefficient (Wildman–Crippen LogP) is 2.83. The normalized spacial score (nSPS) is 11.7. The van der Waals surface area contributed by atoms with Gasteiger partial charge in [0, 0.05) is 6.07 Å². The molecule has 0 spiro atoms.